The molecule has 0 radical (unpaired) electrons. The van der Waals surface area contributed by atoms with Crippen LogP contribution >= 0.6 is 0 Å². The Labute approximate surface area is 88.8 Å². The summed E-state index contributed by atoms with van der Waals surface area (Å²) in [5.41, 5.74) is 0.126. The van der Waals surface area contributed by atoms with Gasteiger partial charge in [0.25, 0.3) is 0 Å². The highest BCUT2D eigenvalue weighted by Crippen LogP contribution is 2.72. The minimum atomic E-state index is -0.636. The van der Waals surface area contributed by atoms with E-state index < -0.39 is 6.17 Å². The van der Waals surface area contributed by atoms with E-state index in [0.29, 0.717) is 13.0 Å². The normalized spacial score (nSPS) is 54.1. The van der Waals surface area contributed by atoms with Crippen LogP contribution in [0, 0.1) is 10.8 Å². The molecule has 2 saturated carbocycles. The number of carbonyl (C=O) groups excluding carboxylic acids is 1. The van der Waals surface area contributed by atoms with Gasteiger partial charge < -0.3 is 4.90 Å². The van der Waals surface area contributed by atoms with Crippen LogP contribution in [-0.2, 0) is 4.79 Å². The summed E-state index contributed by atoms with van der Waals surface area (Å²) >= 11 is 0. The molecule has 0 unspecified atom stereocenters. The lowest BCUT2D eigenvalue weighted by Crippen LogP contribution is -2.42. The van der Waals surface area contributed by atoms with E-state index in [4.69, 9.17) is 0 Å². The minimum Gasteiger partial charge on any atom is -0.336 e. The van der Waals surface area contributed by atoms with Crippen molar-refractivity contribution >= 4 is 5.91 Å². The summed E-state index contributed by atoms with van der Waals surface area (Å²) in [6.07, 6.45) is 4.08. The summed E-state index contributed by atoms with van der Waals surface area (Å²) in [5.74, 6) is 0.283. The molecular formula is C12H16FNO. The first kappa shape index (κ1) is 8.54. The molecule has 4 rings (SSSR count). The van der Waals surface area contributed by atoms with Crippen LogP contribution in [0.3, 0.4) is 0 Å². The molecule has 82 valence electrons. The van der Waals surface area contributed by atoms with Crippen molar-refractivity contribution in [3.05, 3.63) is 0 Å². The number of amides is 1. The average Bonchev–Trinajstić information content (AvgIpc) is 2.98. The molecule has 2 nitrogen and oxygen atoms in total. The molecule has 2 heterocycles. The molecule has 4 fully saturated rings. The fourth-order valence-corrected chi connectivity index (χ4v) is 4.25. The third-order valence-electron chi connectivity index (χ3n) is 5.64. The number of carbonyl (C=O) groups is 1. The van der Waals surface area contributed by atoms with E-state index in [1.54, 1.807) is 0 Å². The van der Waals surface area contributed by atoms with Crippen LogP contribution in [0.5, 0.6) is 0 Å². The maximum Gasteiger partial charge on any atom is 0.223 e. The summed E-state index contributed by atoms with van der Waals surface area (Å²) < 4.78 is 13.4. The van der Waals surface area contributed by atoms with E-state index >= 15 is 0 Å². The number of fused-ring (bicyclic) bond motifs is 2. The number of nitrogens with zero attached hydrogens (tertiary/aromatic N) is 1. The van der Waals surface area contributed by atoms with Crippen LogP contribution in [0.4, 0.5) is 4.39 Å². The van der Waals surface area contributed by atoms with Crippen molar-refractivity contribution in [1.82, 2.24) is 4.90 Å². The minimum absolute atomic E-state index is 0.00488. The van der Waals surface area contributed by atoms with Crippen molar-refractivity contribution < 1.29 is 9.18 Å². The van der Waals surface area contributed by atoms with Gasteiger partial charge in [0.05, 0.1) is 0 Å². The highest BCUT2D eigenvalue weighted by Gasteiger charge is 2.75. The van der Waals surface area contributed by atoms with Gasteiger partial charge >= 0.3 is 0 Å². The molecule has 2 saturated heterocycles. The number of halogens is 1. The van der Waals surface area contributed by atoms with Gasteiger partial charge in [-0.2, -0.15) is 0 Å². The van der Waals surface area contributed by atoms with Crippen molar-refractivity contribution in [2.75, 3.05) is 6.54 Å². The van der Waals surface area contributed by atoms with Crippen molar-refractivity contribution in [2.45, 2.75) is 50.7 Å². The monoisotopic (exact) mass is 209 g/mol. The Kier molecular flexibility index (Phi) is 1.12. The van der Waals surface area contributed by atoms with E-state index in [9.17, 15) is 9.18 Å². The smallest absolute Gasteiger partial charge is 0.223 e. The highest BCUT2D eigenvalue weighted by molar-refractivity contribution is 5.83. The van der Waals surface area contributed by atoms with Gasteiger partial charge in [0, 0.05) is 29.3 Å². The Balaban J connectivity index is 1.77. The fraction of sp³-hybridized carbons (Fsp3) is 0.917. The van der Waals surface area contributed by atoms with Gasteiger partial charge in [-0.3, -0.25) is 4.79 Å². The molecular weight excluding hydrogens is 193 g/mol. The SMILES string of the molecule is C[C@]12C[C@@]3(C[C@@H]3F)CN1C(=O)CC21CC1. The summed E-state index contributed by atoms with van der Waals surface area (Å²) in [5, 5.41) is 0. The topological polar surface area (TPSA) is 20.3 Å². The number of hydrogen-bond donors (Lipinski definition) is 0. The Hall–Kier alpha value is -0.600. The maximum atomic E-state index is 13.4. The summed E-state index contributed by atoms with van der Waals surface area (Å²) in [6.45, 7) is 2.90. The highest BCUT2D eigenvalue weighted by atomic mass is 19.1. The summed E-state index contributed by atoms with van der Waals surface area (Å²) in [6, 6.07) is 0. The first-order valence-electron chi connectivity index (χ1n) is 5.96. The Morgan fingerprint density at radius 2 is 2.13 bits per heavy atom. The van der Waals surface area contributed by atoms with E-state index in [2.05, 4.69) is 6.92 Å². The van der Waals surface area contributed by atoms with Gasteiger partial charge in [-0.15, -0.1) is 0 Å². The number of alkyl halides is 1. The third-order valence-corrected chi connectivity index (χ3v) is 5.64. The van der Waals surface area contributed by atoms with Crippen molar-refractivity contribution in [2.24, 2.45) is 10.8 Å². The first-order chi connectivity index (χ1) is 7.02. The molecule has 0 aromatic rings. The molecule has 3 heteroatoms. The molecule has 2 aliphatic carbocycles. The quantitative estimate of drug-likeness (QED) is 0.596. The number of hydrogen-bond acceptors (Lipinski definition) is 1. The second-order valence-electron chi connectivity index (χ2n) is 6.42. The van der Waals surface area contributed by atoms with E-state index in [0.717, 1.165) is 12.8 Å². The van der Waals surface area contributed by atoms with Gasteiger partial charge in [-0.25, -0.2) is 4.39 Å². The standard InChI is InChI=1S/C12H16FNO/c1-10-6-11(4-8(11)13)7-14(10)9(15)5-12(10)2-3-12/h8H,2-7H2,1H3/t8-,10+,11-/m0/s1. The third kappa shape index (κ3) is 0.743. The average molecular weight is 209 g/mol. The van der Waals surface area contributed by atoms with Crippen LogP contribution in [0.2, 0.25) is 0 Å². The fourth-order valence-electron chi connectivity index (χ4n) is 4.25. The van der Waals surface area contributed by atoms with Crippen molar-refractivity contribution in [3.8, 4) is 0 Å². The molecule has 2 spiro atoms. The molecule has 0 N–H and O–H groups in total. The Morgan fingerprint density at radius 3 is 2.67 bits per heavy atom. The zero-order valence-corrected chi connectivity index (χ0v) is 9.05. The molecule has 1 amide bonds. The van der Waals surface area contributed by atoms with E-state index in [1.165, 1.54) is 12.8 Å². The zero-order chi connectivity index (χ0) is 10.5. The summed E-state index contributed by atoms with van der Waals surface area (Å²) in [7, 11) is 0. The van der Waals surface area contributed by atoms with Crippen molar-refractivity contribution in [3.63, 3.8) is 0 Å². The lowest BCUT2D eigenvalue weighted by atomic mass is 9.79. The van der Waals surface area contributed by atoms with Crippen molar-refractivity contribution in [1.29, 1.82) is 0 Å². The zero-order valence-electron chi connectivity index (χ0n) is 9.05. The maximum absolute atomic E-state index is 13.4. The van der Waals surface area contributed by atoms with Crippen LogP contribution in [0.25, 0.3) is 0 Å². The second-order valence-corrected chi connectivity index (χ2v) is 6.42. The van der Waals surface area contributed by atoms with Crippen LogP contribution < -0.4 is 0 Å². The van der Waals surface area contributed by atoms with E-state index in [-0.39, 0.29) is 22.3 Å². The molecule has 0 aromatic carbocycles. The lowest BCUT2D eigenvalue weighted by Gasteiger charge is -2.33. The van der Waals surface area contributed by atoms with Gasteiger partial charge in [0.2, 0.25) is 5.91 Å². The van der Waals surface area contributed by atoms with Crippen LogP contribution in [0.15, 0.2) is 0 Å². The first-order valence-corrected chi connectivity index (χ1v) is 5.96. The molecule has 2 aliphatic heterocycles. The predicted molar refractivity (Wildman–Crippen MR) is 53.0 cm³/mol. The largest absolute Gasteiger partial charge is 0.336 e. The van der Waals surface area contributed by atoms with E-state index in [1.807, 2.05) is 4.90 Å². The van der Waals surface area contributed by atoms with Gasteiger partial charge in [-0.1, -0.05) is 0 Å². The molecule has 0 aromatic heterocycles. The van der Waals surface area contributed by atoms with Gasteiger partial charge in [0.1, 0.15) is 6.17 Å². The lowest BCUT2D eigenvalue weighted by molar-refractivity contribution is -0.129. The molecule has 0 bridgehead atoms. The van der Waals surface area contributed by atoms with Crippen LogP contribution in [0.1, 0.15) is 39.0 Å². The predicted octanol–water partition coefficient (Wildman–Crippen LogP) is 1.89. The van der Waals surface area contributed by atoms with Gasteiger partial charge in [-0.05, 0) is 32.6 Å². The Morgan fingerprint density at radius 1 is 1.47 bits per heavy atom. The van der Waals surface area contributed by atoms with Gasteiger partial charge in [0.15, 0.2) is 0 Å². The number of rotatable bonds is 0. The second kappa shape index (κ2) is 1.96. The summed E-state index contributed by atoms with van der Waals surface area (Å²) in [4.78, 5) is 14.0. The van der Waals surface area contributed by atoms with Crippen LogP contribution in [-0.4, -0.2) is 29.1 Å². The molecule has 4 aliphatic rings. The Bertz CT molecular complexity index is 378. The molecule has 3 atom stereocenters. The molecule has 15 heavy (non-hydrogen) atoms.